The number of carboxylic acid groups (broad SMARTS) is 1. The van der Waals surface area contributed by atoms with Crippen LogP contribution in [0.4, 0.5) is 0 Å². The zero-order valence-electron chi connectivity index (χ0n) is 6.67. The first-order valence-corrected chi connectivity index (χ1v) is 4.08. The molecule has 0 aliphatic heterocycles. The summed E-state index contributed by atoms with van der Waals surface area (Å²) in [6, 6.07) is 2.80. The van der Waals surface area contributed by atoms with Gasteiger partial charge in [-0.25, -0.2) is 4.79 Å². The van der Waals surface area contributed by atoms with Crippen LogP contribution < -0.4 is 4.74 Å². The topological polar surface area (TPSA) is 46.5 Å². The standard InChI is InChI=1S/C8H6Cl2O3/c1-13-5-3-2-4(8(11)12)6(9)7(5)10/h2-3H,1H3,(H,11,12). The quantitative estimate of drug-likeness (QED) is 0.834. The maximum absolute atomic E-state index is 10.6. The molecule has 70 valence electrons. The number of carbonyl (C=O) groups is 1. The average Bonchev–Trinajstić information content (AvgIpc) is 2.09. The molecule has 0 spiro atoms. The zero-order chi connectivity index (χ0) is 10.0. The highest BCUT2D eigenvalue weighted by Gasteiger charge is 2.14. The fourth-order valence-electron chi connectivity index (χ4n) is 0.855. The van der Waals surface area contributed by atoms with E-state index in [1.807, 2.05) is 0 Å². The summed E-state index contributed by atoms with van der Waals surface area (Å²) in [5.41, 5.74) is -0.0348. The maximum Gasteiger partial charge on any atom is 0.337 e. The van der Waals surface area contributed by atoms with Crippen LogP contribution in [0.3, 0.4) is 0 Å². The Morgan fingerprint density at radius 1 is 1.38 bits per heavy atom. The number of aromatic carboxylic acids is 1. The molecule has 0 aliphatic rings. The number of rotatable bonds is 2. The number of halogens is 2. The molecule has 0 atom stereocenters. The maximum atomic E-state index is 10.6. The van der Waals surface area contributed by atoms with E-state index >= 15 is 0 Å². The van der Waals surface area contributed by atoms with E-state index < -0.39 is 5.97 Å². The summed E-state index contributed by atoms with van der Waals surface area (Å²) in [7, 11) is 1.43. The summed E-state index contributed by atoms with van der Waals surface area (Å²) in [6.45, 7) is 0. The molecule has 0 saturated heterocycles. The highest BCUT2D eigenvalue weighted by Crippen LogP contribution is 2.34. The molecular formula is C8H6Cl2O3. The monoisotopic (exact) mass is 220 g/mol. The van der Waals surface area contributed by atoms with Crippen molar-refractivity contribution in [2.24, 2.45) is 0 Å². The van der Waals surface area contributed by atoms with Gasteiger partial charge in [0.2, 0.25) is 0 Å². The van der Waals surface area contributed by atoms with Gasteiger partial charge >= 0.3 is 5.97 Å². The van der Waals surface area contributed by atoms with Crippen molar-refractivity contribution >= 4 is 29.2 Å². The molecule has 0 aromatic heterocycles. The highest BCUT2D eigenvalue weighted by atomic mass is 35.5. The number of carboxylic acids is 1. The second kappa shape index (κ2) is 3.85. The van der Waals surface area contributed by atoms with Crippen molar-refractivity contribution in [1.82, 2.24) is 0 Å². The number of hydrogen-bond acceptors (Lipinski definition) is 2. The molecule has 1 aromatic carbocycles. The largest absolute Gasteiger partial charge is 0.495 e. The Morgan fingerprint density at radius 2 is 2.00 bits per heavy atom. The van der Waals surface area contributed by atoms with Gasteiger partial charge < -0.3 is 9.84 Å². The van der Waals surface area contributed by atoms with Crippen LogP contribution in [-0.2, 0) is 0 Å². The van der Waals surface area contributed by atoms with Crippen LogP contribution in [0.5, 0.6) is 5.75 Å². The Kier molecular flexibility index (Phi) is 3.01. The third-order valence-electron chi connectivity index (χ3n) is 1.50. The fraction of sp³-hybridized carbons (Fsp3) is 0.125. The van der Waals surface area contributed by atoms with Crippen molar-refractivity contribution in [2.45, 2.75) is 0 Å². The van der Waals surface area contributed by atoms with Gasteiger partial charge in [0, 0.05) is 0 Å². The lowest BCUT2D eigenvalue weighted by atomic mass is 10.2. The van der Waals surface area contributed by atoms with Gasteiger partial charge in [0.05, 0.1) is 17.7 Å². The number of ether oxygens (including phenoxy) is 1. The molecule has 1 aromatic rings. The second-order valence-corrected chi connectivity index (χ2v) is 3.00. The van der Waals surface area contributed by atoms with Crippen molar-refractivity contribution in [3.05, 3.63) is 27.7 Å². The summed E-state index contributed by atoms with van der Waals surface area (Å²) in [6.07, 6.45) is 0. The number of methoxy groups -OCH3 is 1. The molecule has 0 bridgehead atoms. The SMILES string of the molecule is COc1ccc(C(=O)O)c(Cl)c1Cl. The van der Waals surface area contributed by atoms with E-state index in [4.69, 9.17) is 33.0 Å². The normalized spacial score (nSPS) is 9.77. The third-order valence-corrected chi connectivity index (χ3v) is 2.36. The van der Waals surface area contributed by atoms with Gasteiger partial charge in [-0.2, -0.15) is 0 Å². The Bertz CT molecular complexity index is 349. The lowest BCUT2D eigenvalue weighted by Crippen LogP contribution is -1.98. The zero-order valence-corrected chi connectivity index (χ0v) is 8.19. The van der Waals surface area contributed by atoms with Gasteiger partial charge in [-0.3, -0.25) is 0 Å². The van der Waals surface area contributed by atoms with E-state index in [9.17, 15) is 4.79 Å². The molecule has 13 heavy (non-hydrogen) atoms. The van der Waals surface area contributed by atoms with E-state index in [2.05, 4.69) is 0 Å². The lowest BCUT2D eigenvalue weighted by molar-refractivity contribution is 0.0697. The highest BCUT2D eigenvalue weighted by molar-refractivity contribution is 6.44. The molecule has 0 radical (unpaired) electrons. The summed E-state index contributed by atoms with van der Waals surface area (Å²) >= 11 is 11.4. The first-order chi connectivity index (χ1) is 6.07. The van der Waals surface area contributed by atoms with Crippen molar-refractivity contribution in [3.63, 3.8) is 0 Å². The first-order valence-electron chi connectivity index (χ1n) is 3.33. The Morgan fingerprint density at radius 3 is 2.46 bits per heavy atom. The molecule has 1 rings (SSSR count). The second-order valence-electron chi connectivity index (χ2n) is 2.25. The lowest BCUT2D eigenvalue weighted by Gasteiger charge is -2.05. The minimum atomic E-state index is -1.12. The van der Waals surface area contributed by atoms with E-state index in [1.165, 1.54) is 19.2 Å². The molecule has 0 aliphatic carbocycles. The van der Waals surface area contributed by atoms with Crippen LogP contribution in [-0.4, -0.2) is 18.2 Å². The van der Waals surface area contributed by atoms with E-state index in [0.29, 0.717) is 5.75 Å². The van der Waals surface area contributed by atoms with Gasteiger partial charge in [-0.05, 0) is 12.1 Å². The van der Waals surface area contributed by atoms with Gasteiger partial charge in [-0.1, -0.05) is 23.2 Å². The fourth-order valence-corrected chi connectivity index (χ4v) is 1.33. The minimum absolute atomic E-state index is 0.00600. The van der Waals surface area contributed by atoms with Crippen LogP contribution in [0.25, 0.3) is 0 Å². The van der Waals surface area contributed by atoms with Crippen molar-refractivity contribution in [2.75, 3.05) is 7.11 Å². The van der Waals surface area contributed by atoms with Crippen LogP contribution >= 0.6 is 23.2 Å². The molecule has 1 N–H and O–H groups in total. The van der Waals surface area contributed by atoms with Gasteiger partial charge in [-0.15, -0.1) is 0 Å². The third kappa shape index (κ3) is 1.87. The minimum Gasteiger partial charge on any atom is -0.495 e. The summed E-state index contributed by atoms with van der Waals surface area (Å²) in [5, 5.41) is 8.78. The molecule has 5 heteroatoms. The molecular weight excluding hydrogens is 215 g/mol. The molecule has 0 unspecified atom stereocenters. The molecule has 0 amide bonds. The van der Waals surface area contributed by atoms with Crippen molar-refractivity contribution in [3.8, 4) is 5.75 Å². The Balaban J connectivity index is 3.31. The first kappa shape index (κ1) is 10.2. The van der Waals surface area contributed by atoms with Crippen LogP contribution in [0.15, 0.2) is 12.1 Å². The molecule has 0 saturated carbocycles. The van der Waals surface area contributed by atoms with Crippen LogP contribution in [0.2, 0.25) is 10.0 Å². The summed E-state index contributed by atoms with van der Waals surface area (Å²) in [5.74, 6) is -0.758. The van der Waals surface area contributed by atoms with Gasteiger partial charge in [0.15, 0.2) is 0 Å². The predicted octanol–water partition coefficient (Wildman–Crippen LogP) is 2.70. The smallest absolute Gasteiger partial charge is 0.337 e. The van der Waals surface area contributed by atoms with Crippen LogP contribution in [0, 0.1) is 0 Å². The van der Waals surface area contributed by atoms with Crippen molar-refractivity contribution < 1.29 is 14.6 Å². The van der Waals surface area contributed by atoms with Crippen LogP contribution in [0.1, 0.15) is 10.4 Å². The number of hydrogen-bond donors (Lipinski definition) is 1. The van der Waals surface area contributed by atoms with E-state index in [-0.39, 0.29) is 15.6 Å². The van der Waals surface area contributed by atoms with Crippen molar-refractivity contribution in [1.29, 1.82) is 0 Å². The van der Waals surface area contributed by atoms with E-state index in [1.54, 1.807) is 0 Å². The Labute approximate surface area is 84.8 Å². The summed E-state index contributed by atoms with van der Waals surface area (Å²) < 4.78 is 4.85. The molecule has 3 nitrogen and oxygen atoms in total. The molecule has 0 fully saturated rings. The van der Waals surface area contributed by atoms with Gasteiger partial charge in [0.1, 0.15) is 10.8 Å². The average molecular weight is 221 g/mol. The predicted molar refractivity (Wildman–Crippen MR) is 50.0 cm³/mol. The Hall–Kier alpha value is -0.930. The van der Waals surface area contributed by atoms with Gasteiger partial charge in [0.25, 0.3) is 0 Å². The molecule has 0 heterocycles. The number of benzene rings is 1. The van der Waals surface area contributed by atoms with E-state index in [0.717, 1.165) is 0 Å². The summed E-state index contributed by atoms with van der Waals surface area (Å²) in [4.78, 5) is 10.6.